The number of hydrogen-bond acceptors (Lipinski definition) is 4. The van der Waals surface area contributed by atoms with E-state index < -0.39 is 11.9 Å². The third-order valence-corrected chi connectivity index (χ3v) is 2.35. The van der Waals surface area contributed by atoms with E-state index in [0.29, 0.717) is 0 Å². The summed E-state index contributed by atoms with van der Waals surface area (Å²) in [5.41, 5.74) is 1.72. The zero-order valence-electron chi connectivity index (χ0n) is 11.0. The first-order valence-corrected chi connectivity index (χ1v) is 5.54. The number of hydrogen-bond donors (Lipinski definition) is 0. The largest absolute Gasteiger partial charge is 0.466 e. The summed E-state index contributed by atoms with van der Waals surface area (Å²) in [7, 11) is 2.45. The minimum absolute atomic E-state index is 0.0439. The van der Waals surface area contributed by atoms with Crippen LogP contribution in [-0.4, -0.2) is 26.2 Å². The maximum absolute atomic E-state index is 11.5. The van der Waals surface area contributed by atoms with Gasteiger partial charge in [0.2, 0.25) is 0 Å². The molecule has 0 spiro atoms. The predicted octanol–water partition coefficient (Wildman–Crippen LogP) is 1.62. The highest BCUT2D eigenvalue weighted by atomic mass is 16.5. The van der Waals surface area contributed by atoms with Gasteiger partial charge in [0.15, 0.2) is 0 Å². The number of aryl methyl sites for hydroxylation is 1. The predicted molar refractivity (Wildman–Crippen MR) is 70.2 cm³/mol. The highest BCUT2D eigenvalue weighted by Gasteiger charge is 2.09. The van der Waals surface area contributed by atoms with Crippen molar-refractivity contribution in [1.29, 1.82) is 0 Å². The van der Waals surface area contributed by atoms with Crippen molar-refractivity contribution < 1.29 is 19.1 Å². The molecule has 0 N–H and O–H groups in total. The van der Waals surface area contributed by atoms with E-state index in [2.05, 4.69) is 21.3 Å². The summed E-state index contributed by atoms with van der Waals surface area (Å²) < 4.78 is 9.02. The summed E-state index contributed by atoms with van der Waals surface area (Å²) >= 11 is 0. The van der Waals surface area contributed by atoms with Crippen LogP contribution in [0.15, 0.2) is 35.9 Å². The topological polar surface area (TPSA) is 52.6 Å². The molecular formula is C15H14O4. The van der Waals surface area contributed by atoms with Crippen LogP contribution in [0.3, 0.4) is 0 Å². The molecule has 1 rings (SSSR count). The lowest BCUT2D eigenvalue weighted by atomic mass is 10.1. The smallest absolute Gasteiger partial charge is 0.346 e. The Hall–Kier alpha value is -2.54. The summed E-state index contributed by atoms with van der Waals surface area (Å²) in [4.78, 5) is 22.6. The van der Waals surface area contributed by atoms with Crippen LogP contribution in [0.5, 0.6) is 0 Å². The molecule has 0 saturated heterocycles. The lowest BCUT2D eigenvalue weighted by molar-refractivity contribution is -0.138. The quantitative estimate of drug-likeness (QED) is 0.459. The summed E-state index contributed by atoms with van der Waals surface area (Å²) in [6, 6.07) is 7.48. The van der Waals surface area contributed by atoms with Crippen LogP contribution in [0.25, 0.3) is 0 Å². The summed E-state index contributed by atoms with van der Waals surface area (Å²) in [6.07, 6.45) is 1.01. The molecule has 4 heteroatoms. The molecule has 0 atom stereocenters. The maximum Gasteiger partial charge on any atom is 0.346 e. The molecule has 0 aliphatic rings. The molecule has 0 aliphatic heterocycles. The zero-order valence-corrected chi connectivity index (χ0v) is 11.0. The fraction of sp³-hybridized carbons (Fsp3) is 0.200. The van der Waals surface area contributed by atoms with Crippen molar-refractivity contribution in [3.8, 4) is 11.8 Å². The fourth-order valence-electron chi connectivity index (χ4n) is 1.28. The number of rotatable bonds is 2. The number of benzene rings is 1. The van der Waals surface area contributed by atoms with Crippen LogP contribution in [0.4, 0.5) is 0 Å². The molecule has 0 heterocycles. The number of esters is 2. The van der Waals surface area contributed by atoms with E-state index >= 15 is 0 Å². The van der Waals surface area contributed by atoms with E-state index in [0.717, 1.165) is 17.2 Å². The van der Waals surface area contributed by atoms with Crippen LogP contribution in [0.2, 0.25) is 0 Å². The molecule has 1 aromatic rings. The first kappa shape index (κ1) is 14.5. The monoisotopic (exact) mass is 258 g/mol. The molecule has 0 bridgehead atoms. The second kappa shape index (κ2) is 7.02. The van der Waals surface area contributed by atoms with E-state index in [1.807, 2.05) is 31.2 Å². The van der Waals surface area contributed by atoms with Gasteiger partial charge in [-0.2, -0.15) is 0 Å². The van der Waals surface area contributed by atoms with Crippen LogP contribution in [0.1, 0.15) is 11.1 Å². The molecule has 0 fully saturated rings. The first-order chi connectivity index (χ1) is 9.08. The molecule has 0 aliphatic carbocycles. The van der Waals surface area contributed by atoms with Crippen molar-refractivity contribution >= 4 is 11.9 Å². The second-order valence-electron chi connectivity index (χ2n) is 3.64. The van der Waals surface area contributed by atoms with Gasteiger partial charge >= 0.3 is 11.9 Å². The van der Waals surface area contributed by atoms with Crippen molar-refractivity contribution in [1.82, 2.24) is 0 Å². The van der Waals surface area contributed by atoms with Gasteiger partial charge in [-0.3, -0.25) is 0 Å². The van der Waals surface area contributed by atoms with Gasteiger partial charge in [-0.25, -0.2) is 9.59 Å². The molecule has 4 nitrogen and oxygen atoms in total. The number of carbonyl (C=O) groups excluding carboxylic acids is 2. The van der Waals surface area contributed by atoms with Gasteiger partial charge in [-0.1, -0.05) is 30.0 Å². The summed E-state index contributed by atoms with van der Waals surface area (Å²) in [5.74, 6) is 4.13. The van der Waals surface area contributed by atoms with Gasteiger partial charge in [-0.05, 0) is 18.6 Å². The Labute approximate surface area is 112 Å². The Balaban J connectivity index is 3.10. The molecule has 0 amide bonds. The molecule has 98 valence electrons. The summed E-state index contributed by atoms with van der Waals surface area (Å²) in [5, 5.41) is 0. The Kier molecular flexibility index (Phi) is 5.36. The van der Waals surface area contributed by atoms with Crippen molar-refractivity contribution in [2.45, 2.75) is 6.92 Å². The molecule has 0 saturated carbocycles. The Bertz CT molecular complexity index is 573. The lowest BCUT2D eigenvalue weighted by Crippen LogP contribution is -2.07. The molecule has 1 aromatic carbocycles. The van der Waals surface area contributed by atoms with Gasteiger partial charge in [-0.15, -0.1) is 0 Å². The highest BCUT2D eigenvalue weighted by molar-refractivity contribution is 6.00. The minimum atomic E-state index is -0.675. The zero-order chi connectivity index (χ0) is 14.3. The third kappa shape index (κ3) is 4.32. The van der Waals surface area contributed by atoms with Crippen molar-refractivity contribution in [2.24, 2.45) is 0 Å². The number of carbonyl (C=O) groups is 2. The van der Waals surface area contributed by atoms with Crippen molar-refractivity contribution in [3.63, 3.8) is 0 Å². The standard InChI is InChI=1S/C15H14O4/c1-11-6-4-5-7-12(11)8-9-13(15(17)19-3)10-14(16)18-2/h4-7,10H,1-3H3/b13-10-. The fourth-order valence-corrected chi connectivity index (χ4v) is 1.28. The SMILES string of the molecule is COC(=O)/C=C(/C#Cc1ccccc1C)C(=O)OC. The number of ether oxygens (including phenoxy) is 2. The number of methoxy groups -OCH3 is 2. The molecule has 0 unspecified atom stereocenters. The van der Waals surface area contributed by atoms with E-state index in [-0.39, 0.29) is 5.57 Å². The van der Waals surface area contributed by atoms with Crippen LogP contribution in [0, 0.1) is 18.8 Å². The van der Waals surface area contributed by atoms with Gasteiger partial charge < -0.3 is 9.47 Å². The van der Waals surface area contributed by atoms with Gasteiger partial charge in [0.25, 0.3) is 0 Å². The highest BCUT2D eigenvalue weighted by Crippen LogP contribution is 2.05. The van der Waals surface area contributed by atoms with Crippen LogP contribution in [-0.2, 0) is 19.1 Å². The maximum atomic E-state index is 11.5. The van der Waals surface area contributed by atoms with E-state index in [4.69, 9.17) is 0 Å². The van der Waals surface area contributed by atoms with E-state index in [9.17, 15) is 9.59 Å². The Morgan fingerprint density at radius 3 is 2.42 bits per heavy atom. The molecular weight excluding hydrogens is 244 g/mol. The lowest BCUT2D eigenvalue weighted by Gasteiger charge is -1.98. The van der Waals surface area contributed by atoms with E-state index in [1.165, 1.54) is 14.2 Å². The average molecular weight is 258 g/mol. The molecule has 19 heavy (non-hydrogen) atoms. The normalized spacial score (nSPS) is 10.2. The van der Waals surface area contributed by atoms with Gasteiger partial charge in [0, 0.05) is 11.6 Å². The summed E-state index contributed by atoms with van der Waals surface area (Å²) in [6.45, 7) is 1.91. The molecule has 0 radical (unpaired) electrons. The second-order valence-corrected chi connectivity index (χ2v) is 3.64. The Morgan fingerprint density at radius 1 is 1.16 bits per heavy atom. The van der Waals surface area contributed by atoms with Crippen LogP contribution < -0.4 is 0 Å². The first-order valence-electron chi connectivity index (χ1n) is 5.54. The van der Waals surface area contributed by atoms with Crippen molar-refractivity contribution in [3.05, 3.63) is 47.0 Å². The third-order valence-electron chi connectivity index (χ3n) is 2.35. The van der Waals surface area contributed by atoms with Crippen LogP contribution >= 0.6 is 0 Å². The van der Waals surface area contributed by atoms with Crippen molar-refractivity contribution in [2.75, 3.05) is 14.2 Å². The Morgan fingerprint density at radius 2 is 1.84 bits per heavy atom. The van der Waals surface area contributed by atoms with E-state index in [1.54, 1.807) is 0 Å². The van der Waals surface area contributed by atoms with Gasteiger partial charge in [0.05, 0.1) is 14.2 Å². The average Bonchev–Trinajstić information content (AvgIpc) is 2.43. The minimum Gasteiger partial charge on any atom is -0.466 e. The molecule has 0 aromatic heterocycles. The van der Waals surface area contributed by atoms with Gasteiger partial charge in [0.1, 0.15) is 5.57 Å².